The molecule has 0 radical (unpaired) electrons. The molecule has 1 amide bonds. The SMILES string of the molecule is Cc1cccc(C(NC(=O)CN(c2cccc(C)c2)S(=O)(=O)c2ccccc2)c2ccccc2)c1. The van der Waals surface area contributed by atoms with Gasteiger partial charge in [0.25, 0.3) is 10.0 Å². The minimum Gasteiger partial charge on any atom is -0.344 e. The molecule has 0 aromatic heterocycles. The van der Waals surface area contributed by atoms with Crippen LogP contribution in [-0.4, -0.2) is 20.9 Å². The summed E-state index contributed by atoms with van der Waals surface area (Å²) in [6.07, 6.45) is 0. The van der Waals surface area contributed by atoms with Crippen molar-refractivity contribution >= 4 is 21.6 Å². The zero-order valence-electron chi connectivity index (χ0n) is 19.8. The highest BCUT2D eigenvalue weighted by Gasteiger charge is 2.28. The fraction of sp³-hybridized carbons (Fsp3) is 0.138. The van der Waals surface area contributed by atoms with Crippen LogP contribution in [0.2, 0.25) is 0 Å². The molecular weight excluding hydrogens is 456 g/mol. The highest BCUT2D eigenvalue weighted by atomic mass is 32.2. The number of sulfonamides is 1. The summed E-state index contributed by atoms with van der Waals surface area (Å²) < 4.78 is 28.4. The molecule has 4 aromatic rings. The van der Waals surface area contributed by atoms with Crippen molar-refractivity contribution in [1.29, 1.82) is 0 Å². The number of hydrogen-bond donors (Lipinski definition) is 1. The summed E-state index contributed by atoms with van der Waals surface area (Å²) in [5, 5.41) is 3.07. The number of nitrogens with zero attached hydrogens (tertiary/aromatic N) is 1. The van der Waals surface area contributed by atoms with Crippen LogP contribution in [0.15, 0.2) is 114 Å². The standard InChI is InChI=1S/C29H28N2O3S/c1-22-11-9-15-25(19-22)29(24-13-5-3-6-14-24)30-28(32)21-31(26-16-10-12-23(2)20-26)35(33,34)27-17-7-4-8-18-27/h3-20,29H,21H2,1-2H3,(H,30,32). The Labute approximate surface area is 207 Å². The molecular formula is C29H28N2O3S. The molecule has 0 spiro atoms. The molecule has 0 bridgehead atoms. The van der Waals surface area contributed by atoms with E-state index >= 15 is 0 Å². The van der Waals surface area contributed by atoms with Crippen LogP contribution in [0, 0.1) is 13.8 Å². The Morgan fingerprint density at radius 3 is 1.94 bits per heavy atom. The second-order valence-corrected chi connectivity index (χ2v) is 10.4. The molecule has 4 aromatic carbocycles. The highest BCUT2D eigenvalue weighted by molar-refractivity contribution is 7.92. The molecule has 1 N–H and O–H groups in total. The maximum Gasteiger partial charge on any atom is 0.264 e. The number of carbonyl (C=O) groups excluding carboxylic acids is 1. The minimum atomic E-state index is -3.97. The third kappa shape index (κ3) is 5.78. The Hall–Kier alpha value is -3.90. The Morgan fingerprint density at radius 1 is 0.743 bits per heavy atom. The van der Waals surface area contributed by atoms with Crippen LogP contribution in [0.3, 0.4) is 0 Å². The molecule has 0 saturated carbocycles. The summed E-state index contributed by atoms with van der Waals surface area (Å²) in [4.78, 5) is 13.5. The number of benzene rings is 4. The molecule has 1 atom stereocenters. The molecule has 0 aliphatic carbocycles. The van der Waals surface area contributed by atoms with Gasteiger partial charge in [0.05, 0.1) is 16.6 Å². The van der Waals surface area contributed by atoms with Crippen molar-refractivity contribution in [3.8, 4) is 0 Å². The van der Waals surface area contributed by atoms with E-state index in [4.69, 9.17) is 0 Å². The predicted octanol–water partition coefficient (Wildman–Crippen LogP) is 5.40. The fourth-order valence-corrected chi connectivity index (χ4v) is 5.44. The summed E-state index contributed by atoms with van der Waals surface area (Å²) in [6, 6.07) is 32.5. The van der Waals surface area contributed by atoms with E-state index in [-0.39, 0.29) is 11.4 Å². The van der Waals surface area contributed by atoms with E-state index in [1.165, 1.54) is 16.4 Å². The average Bonchev–Trinajstić information content (AvgIpc) is 2.87. The largest absolute Gasteiger partial charge is 0.344 e. The summed E-state index contributed by atoms with van der Waals surface area (Å²) in [5.41, 5.74) is 4.26. The lowest BCUT2D eigenvalue weighted by molar-refractivity contribution is -0.120. The molecule has 5 nitrogen and oxygen atoms in total. The number of amides is 1. The van der Waals surface area contributed by atoms with Crippen molar-refractivity contribution in [3.05, 3.63) is 131 Å². The average molecular weight is 485 g/mol. The van der Waals surface area contributed by atoms with E-state index in [9.17, 15) is 13.2 Å². The lowest BCUT2D eigenvalue weighted by atomic mass is 9.97. The topological polar surface area (TPSA) is 66.5 Å². The van der Waals surface area contributed by atoms with E-state index < -0.39 is 22.0 Å². The minimum absolute atomic E-state index is 0.132. The molecule has 0 aliphatic rings. The molecule has 0 saturated heterocycles. The van der Waals surface area contributed by atoms with Gasteiger partial charge in [-0.05, 0) is 54.8 Å². The predicted molar refractivity (Wildman–Crippen MR) is 140 cm³/mol. The lowest BCUT2D eigenvalue weighted by Gasteiger charge is -2.26. The number of carbonyl (C=O) groups is 1. The Morgan fingerprint density at radius 2 is 1.31 bits per heavy atom. The number of nitrogens with one attached hydrogen (secondary N) is 1. The number of hydrogen-bond acceptors (Lipinski definition) is 3. The normalized spacial score (nSPS) is 12.1. The molecule has 1 unspecified atom stereocenters. The molecule has 4 rings (SSSR count). The van der Waals surface area contributed by atoms with Gasteiger partial charge >= 0.3 is 0 Å². The first-order valence-electron chi connectivity index (χ1n) is 11.4. The van der Waals surface area contributed by atoms with Crippen molar-refractivity contribution in [1.82, 2.24) is 5.32 Å². The Balaban J connectivity index is 1.69. The summed E-state index contributed by atoms with van der Waals surface area (Å²) >= 11 is 0. The molecule has 6 heteroatoms. The van der Waals surface area contributed by atoms with Crippen LogP contribution >= 0.6 is 0 Å². The first-order valence-corrected chi connectivity index (χ1v) is 12.8. The van der Waals surface area contributed by atoms with Gasteiger partial charge in [0, 0.05) is 0 Å². The van der Waals surface area contributed by atoms with Crippen LogP contribution in [0.5, 0.6) is 0 Å². The van der Waals surface area contributed by atoms with Gasteiger partial charge in [0.2, 0.25) is 5.91 Å². The summed E-state index contributed by atoms with van der Waals surface area (Å²) in [7, 11) is -3.97. The third-order valence-corrected chi connectivity index (χ3v) is 7.51. The Kier molecular flexibility index (Phi) is 7.32. The maximum absolute atomic E-state index is 13.6. The van der Waals surface area contributed by atoms with Crippen LogP contribution < -0.4 is 9.62 Å². The number of aryl methyl sites for hydroxylation is 2. The van der Waals surface area contributed by atoms with Gasteiger partial charge in [-0.1, -0.05) is 90.5 Å². The van der Waals surface area contributed by atoms with E-state index in [2.05, 4.69) is 5.32 Å². The van der Waals surface area contributed by atoms with Crippen molar-refractivity contribution in [3.63, 3.8) is 0 Å². The van der Waals surface area contributed by atoms with E-state index in [0.717, 1.165) is 22.3 Å². The van der Waals surface area contributed by atoms with E-state index in [0.29, 0.717) is 5.69 Å². The lowest BCUT2D eigenvalue weighted by Crippen LogP contribution is -2.42. The molecule has 35 heavy (non-hydrogen) atoms. The Bertz CT molecular complexity index is 1400. The third-order valence-electron chi connectivity index (χ3n) is 5.72. The van der Waals surface area contributed by atoms with Gasteiger partial charge in [0.15, 0.2) is 0 Å². The van der Waals surface area contributed by atoms with Crippen LogP contribution in [-0.2, 0) is 14.8 Å². The number of rotatable bonds is 8. The maximum atomic E-state index is 13.6. The summed E-state index contributed by atoms with van der Waals surface area (Å²) in [5.74, 6) is -0.402. The van der Waals surface area contributed by atoms with Crippen LogP contribution in [0.1, 0.15) is 28.3 Å². The van der Waals surface area contributed by atoms with Crippen molar-refractivity contribution in [2.45, 2.75) is 24.8 Å². The fourth-order valence-electron chi connectivity index (χ4n) is 4.01. The first kappa shape index (κ1) is 24.2. The van der Waals surface area contributed by atoms with Crippen LogP contribution in [0.4, 0.5) is 5.69 Å². The van der Waals surface area contributed by atoms with Crippen LogP contribution in [0.25, 0.3) is 0 Å². The van der Waals surface area contributed by atoms with E-state index in [1.807, 2.05) is 74.5 Å². The van der Waals surface area contributed by atoms with Gasteiger partial charge in [-0.2, -0.15) is 0 Å². The monoisotopic (exact) mass is 484 g/mol. The van der Waals surface area contributed by atoms with Crippen molar-refractivity contribution in [2.75, 3.05) is 10.8 Å². The summed E-state index contributed by atoms with van der Waals surface area (Å²) in [6.45, 7) is 3.54. The smallest absolute Gasteiger partial charge is 0.264 e. The second kappa shape index (κ2) is 10.6. The second-order valence-electron chi connectivity index (χ2n) is 8.49. The van der Waals surface area contributed by atoms with Gasteiger partial charge in [-0.25, -0.2) is 8.42 Å². The molecule has 0 aliphatic heterocycles. The van der Waals surface area contributed by atoms with Gasteiger partial charge in [0.1, 0.15) is 6.54 Å². The molecule has 178 valence electrons. The van der Waals surface area contributed by atoms with E-state index in [1.54, 1.807) is 36.4 Å². The van der Waals surface area contributed by atoms with Crippen molar-refractivity contribution < 1.29 is 13.2 Å². The van der Waals surface area contributed by atoms with Gasteiger partial charge < -0.3 is 5.32 Å². The zero-order valence-corrected chi connectivity index (χ0v) is 20.6. The zero-order chi connectivity index (χ0) is 24.8. The first-order chi connectivity index (χ1) is 16.8. The quantitative estimate of drug-likeness (QED) is 0.364. The highest BCUT2D eigenvalue weighted by Crippen LogP contribution is 2.26. The molecule has 0 heterocycles. The van der Waals surface area contributed by atoms with Gasteiger partial charge in [-0.3, -0.25) is 9.10 Å². The van der Waals surface area contributed by atoms with Gasteiger partial charge in [-0.15, -0.1) is 0 Å². The molecule has 0 fully saturated rings. The van der Waals surface area contributed by atoms with Crippen molar-refractivity contribution in [2.24, 2.45) is 0 Å². The number of anilines is 1.